The highest BCUT2D eigenvalue weighted by Gasteiger charge is 2.30. The zero-order valence-electron chi connectivity index (χ0n) is 12.7. The van der Waals surface area contributed by atoms with Crippen LogP contribution in [0.3, 0.4) is 0 Å². The number of carbonyl (C=O) groups is 2. The number of hydrogen-bond acceptors (Lipinski definition) is 6. The molecule has 1 unspecified atom stereocenters. The van der Waals surface area contributed by atoms with Gasteiger partial charge in [0.05, 0.1) is 5.69 Å². The average Bonchev–Trinajstić information content (AvgIpc) is 3.11. The summed E-state index contributed by atoms with van der Waals surface area (Å²) in [5.41, 5.74) is 8.38. The standard InChI is InChI=1S/C16H17N3O2S2/c1-10(20)22-8-11-6-15(21)19(7-11)13-4-2-12(3-5-13)14-9-23-16(17)18-14/h2-5,9,11H,6-8H2,1H3,(H2,17,18). The third kappa shape index (κ3) is 3.73. The molecule has 1 aromatic carbocycles. The summed E-state index contributed by atoms with van der Waals surface area (Å²) in [5, 5.41) is 2.56. The molecular formula is C16H17N3O2S2. The molecule has 120 valence electrons. The van der Waals surface area contributed by atoms with Crippen molar-refractivity contribution in [3.05, 3.63) is 29.6 Å². The number of nitrogens with zero attached hydrogens (tertiary/aromatic N) is 2. The lowest BCUT2D eigenvalue weighted by Crippen LogP contribution is -2.24. The lowest BCUT2D eigenvalue weighted by atomic mass is 10.1. The number of rotatable bonds is 4. The summed E-state index contributed by atoms with van der Waals surface area (Å²) >= 11 is 2.70. The van der Waals surface area contributed by atoms with Crippen molar-refractivity contribution >= 4 is 44.9 Å². The van der Waals surface area contributed by atoms with Gasteiger partial charge in [0.25, 0.3) is 0 Å². The molecule has 1 aliphatic rings. The number of carbonyl (C=O) groups excluding carboxylic acids is 2. The van der Waals surface area contributed by atoms with E-state index in [-0.39, 0.29) is 16.9 Å². The summed E-state index contributed by atoms with van der Waals surface area (Å²) in [7, 11) is 0. The molecule has 23 heavy (non-hydrogen) atoms. The largest absolute Gasteiger partial charge is 0.375 e. The van der Waals surface area contributed by atoms with Crippen LogP contribution in [0, 0.1) is 5.92 Å². The first-order valence-corrected chi connectivity index (χ1v) is 9.14. The van der Waals surface area contributed by atoms with Crippen LogP contribution in [0.1, 0.15) is 13.3 Å². The summed E-state index contributed by atoms with van der Waals surface area (Å²) in [6.07, 6.45) is 0.505. The number of nitrogen functional groups attached to an aromatic ring is 1. The van der Waals surface area contributed by atoms with Crippen LogP contribution in [0.25, 0.3) is 11.3 Å². The molecule has 2 N–H and O–H groups in total. The number of benzene rings is 1. The Morgan fingerprint density at radius 1 is 1.43 bits per heavy atom. The van der Waals surface area contributed by atoms with Crippen molar-refractivity contribution in [2.45, 2.75) is 13.3 Å². The molecule has 0 bridgehead atoms. The summed E-state index contributed by atoms with van der Waals surface area (Å²) in [6.45, 7) is 2.23. The Kier molecular flexibility index (Phi) is 4.68. The number of nitrogens with two attached hydrogens (primary N) is 1. The summed E-state index contributed by atoms with van der Waals surface area (Å²) in [6, 6.07) is 7.77. The molecule has 1 fully saturated rings. The van der Waals surface area contributed by atoms with Crippen molar-refractivity contribution in [3.63, 3.8) is 0 Å². The Morgan fingerprint density at radius 2 is 2.17 bits per heavy atom. The first kappa shape index (κ1) is 16.0. The molecule has 2 aromatic rings. The lowest BCUT2D eigenvalue weighted by Gasteiger charge is -2.17. The molecule has 5 nitrogen and oxygen atoms in total. The molecule has 3 rings (SSSR count). The Bertz CT molecular complexity index is 727. The van der Waals surface area contributed by atoms with Crippen LogP contribution in [0.15, 0.2) is 29.6 Å². The zero-order valence-corrected chi connectivity index (χ0v) is 14.3. The van der Waals surface area contributed by atoms with Gasteiger partial charge in [-0.1, -0.05) is 23.9 Å². The van der Waals surface area contributed by atoms with E-state index in [1.54, 1.807) is 11.8 Å². The van der Waals surface area contributed by atoms with Crippen LogP contribution in [0.2, 0.25) is 0 Å². The van der Waals surface area contributed by atoms with E-state index in [9.17, 15) is 9.59 Å². The van der Waals surface area contributed by atoms with Crippen LogP contribution < -0.4 is 10.6 Å². The van der Waals surface area contributed by atoms with Crippen LogP contribution in [-0.2, 0) is 9.59 Å². The number of anilines is 2. The van der Waals surface area contributed by atoms with E-state index in [2.05, 4.69) is 4.98 Å². The first-order valence-electron chi connectivity index (χ1n) is 7.28. The molecule has 1 amide bonds. The number of aromatic nitrogens is 1. The van der Waals surface area contributed by atoms with Gasteiger partial charge in [0.2, 0.25) is 5.91 Å². The highest BCUT2D eigenvalue weighted by Crippen LogP contribution is 2.30. The molecular weight excluding hydrogens is 330 g/mol. The van der Waals surface area contributed by atoms with E-state index < -0.39 is 0 Å². The fourth-order valence-electron chi connectivity index (χ4n) is 2.61. The Hall–Kier alpha value is -1.86. The Labute approximate surface area is 142 Å². The van der Waals surface area contributed by atoms with Gasteiger partial charge in [0, 0.05) is 42.3 Å². The average molecular weight is 347 g/mol. The highest BCUT2D eigenvalue weighted by atomic mass is 32.2. The van der Waals surface area contributed by atoms with Gasteiger partial charge < -0.3 is 10.6 Å². The lowest BCUT2D eigenvalue weighted by molar-refractivity contribution is -0.117. The van der Waals surface area contributed by atoms with Crippen LogP contribution in [-0.4, -0.2) is 28.3 Å². The molecule has 1 aromatic heterocycles. The van der Waals surface area contributed by atoms with Gasteiger partial charge in [-0.15, -0.1) is 11.3 Å². The predicted molar refractivity (Wildman–Crippen MR) is 95.6 cm³/mol. The van der Waals surface area contributed by atoms with Gasteiger partial charge >= 0.3 is 0 Å². The molecule has 1 aliphatic heterocycles. The minimum absolute atomic E-state index is 0.0998. The maximum absolute atomic E-state index is 12.2. The fourth-order valence-corrected chi connectivity index (χ4v) is 3.88. The molecule has 0 saturated carbocycles. The third-order valence-electron chi connectivity index (χ3n) is 3.72. The van der Waals surface area contributed by atoms with E-state index in [1.807, 2.05) is 29.6 Å². The van der Waals surface area contributed by atoms with E-state index in [1.165, 1.54) is 23.1 Å². The van der Waals surface area contributed by atoms with Gasteiger partial charge in [-0.3, -0.25) is 9.59 Å². The molecule has 2 heterocycles. The van der Waals surface area contributed by atoms with E-state index in [0.717, 1.165) is 16.9 Å². The molecule has 0 aliphatic carbocycles. The third-order valence-corrected chi connectivity index (χ3v) is 5.44. The van der Waals surface area contributed by atoms with E-state index >= 15 is 0 Å². The number of amides is 1. The normalized spacial score (nSPS) is 17.7. The maximum atomic E-state index is 12.2. The first-order chi connectivity index (χ1) is 11.0. The molecule has 1 atom stereocenters. The van der Waals surface area contributed by atoms with Crippen LogP contribution in [0.4, 0.5) is 10.8 Å². The number of thioether (sulfide) groups is 1. The second-order valence-corrected chi connectivity index (χ2v) is 7.58. The summed E-state index contributed by atoms with van der Waals surface area (Å²) < 4.78 is 0. The Morgan fingerprint density at radius 3 is 2.78 bits per heavy atom. The zero-order chi connectivity index (χ0) is 16.4. The summed E-state index contributed by atoms with van der Waals surface area (Å²) in [4.78, 5) is 29.3. The van der Waals surface area contributed by atoms with Gasteiger partial charge in [-0.2, -0.15) is 0 Å². The Balaban J connectivity index is 1.69. The smallest absolute Gasteiger partial charge is 0.227 e. The van der Waals surface area contributed by atoms with Crippen LogP contribution >= 0.6 is 23.1 Å². The van der Waals surface area contributed by atoms with E-state index in [0.29, 0.717) is 23.8 Å². The summed E-state index contributed by atoms with van der Waals surface area (Å²) in [5.74, 6) is 1.05. The van der Waals surface area contributed by atoms with Crippen molar-refractivity contribution in [3.8, 4) is 11.3 Å². The van der Waals surface area contributed by atoms with Crippen LogP contribution in [0.5, 0.6) is 0 Å². The minimum Gasteiger partial charge on any atom is -0.375 e. The minimum atomic E-state index is 0.0998. The molecule has 0 radical (unpaired) electrons. The molecule has 7 heteroatoms. The fraction of sp³-hybridized carbons (Fsp3) is 0.312. The van der Waals surface area contributed by atoms with Gasteiger partial charge in [-0.05, 0) is 18.1 Å². The molecule has 0 spiro atoms. The highest BCUT2D eigenvalue weighted by molar-refractivity contribution is 8.13. The van der Waals surface area contributed by atoms with Gasteiger partial charge in [-0.25, -0.2) is 4.98 Å². The van der Waals surface area contributed by atoms with Crippen molar-refractivity contribution in [2.75, 3.05) is 22.9 Å². The van der Waals surface area contributed by atoms with Crippen molar-refractivity contribution in [1.82, 2.24) is 4.98 Å². The van der Waals surface area contributed by atoms with Gasteiger partial charge in [0.1, 0.15) is 0 Å². The maximum Gasteiger partial charge on any atom is 0.227 e. The second kappa shape index (κ2) is 6.72. The van der Waals surface area contributed by atoms with Crippen molar-refractivity contribution in [2.24, 2.45) is 5.92 Å². The van der Waals surface area contributed by atoms with Crippen molar-refractivity contribution in [1.29, 1.82) is 0 Å². The SMILES string of the molecule is CC(=O)SCC1CC(=O)N(c2ccc(-c3csc(N)n3)cc2)C1. The monoisotopic (exact) mass is 347 g/mol. The number of thiazole rings is 1. The number of hydrogen-bond donors (Lipinski definition) is 1. The van der Waals surface area contributed by atoms with Crippen molar-refractivity contribution < 1.29 is 9.59 Å². The van der Waals surface area contributed by atoms with E-state index in [4.69, 9.17) is 5.73 Å². The van der Waals surface area contributed by atoms with Gasteiger partial charge in [0.15, 0.2) is 10.2 Å². The predicted octanol–water partition coefficient (Wildman–Crippen LogP) is 3.02. The topological polar surface area (TPSA) is 76.3 Å². The quantitative estimate of drug-likeness (QED) is 0.920. The molecule has 1 saturated heterocycles. The second-order valence-electron chi connectivity index (χ2n) is 5.49.